The van der Waals surface area contributed by atoms with Gasteiger partial charge in [0, 0.05) is 28.7 Å². The molecule has 0 amide bonds. The Bertz CT molecular complexity index is 2160. The zero-order valence-corrected chi connectivity index (χ0v) is 27.6. The first kappa shape index (κ1) is 30.9. The Morgan fingerprint density at radius 2 is 1.76 bits per heavy atom. The number of esters is 1. The van der Waals surface area contributed by atoms with Crippen LogP contribution in [0, 0.1) is 6.92 Å². The van der Waals surface area contributed by atoms with Crippen molar-refractivity contribution < 1.29 is 14.3 Å². The average molecular weight is 661 g/mol. The van der Waals surface area contributed by atoms with E-state index in [1.54, 1.807) is 24.5 Å². The highest BCUT2D eigenvalue weighted by atomic mass is 35.5. The molecule has 0 radical (unpaired) electrons. The lowest BCUT2D eigenvalue weighted by molar-refractivity contribution is -0.139. The molecule has 1 aliphatic rings. The highest BCUT2D eigenvalue weighted by Crippen LogP contribution is 2.32. The van der Waals surface area contributed by atoms with Crippen LogP contribution in [-0.2, 0) is 16.1 Å². The number of benzene rings is 3. The summed E-state index contributed by atoms with van der Waals surface area (Å²) in [5, 5.41) is 2.03. The number of para-hydroxylation sites is 1. The third kappa shape index (κ3) is 5.74. The number of rotatable bonds is 8. The Balaban J connectivity index is 1.52. The Labute approximate surface area is 274 Å². The van der Waals surface area contributed by atoms with Crippen molar-refractivity contribution in [2.45, 2.75) is 40.3 Å². The third-order valence-corrected chi connectivity index (χ3v) is 9.63. The first-order valence-electron chi connectivity index (χ1n) is 14.7. The largest absolute Gasteiger partial charge is 0.494 e. The molecule has 10 heteroatoms. The fourth-order valence-corrected chi connectivity index (χ4v) is 7.16. The Hall–Kier alpha value is -4.11. The smallest absolute Gasteiger partial charge is 0.338 e. The van der Waals surface area contributed by atoms with Crippen LogP contribution >= 0.6 is 34.5 Å². The van der Waals surface area contributed by atoms with E-state index in [-0.39, 0.29) is 12.2 Å². The highest BCUT2D eigenvalue weighted by molar-refractivity contribution is 7.07. The molecule has 7 nitrogen and oxygen atoms in total. The maximum absolute atomic E-state index is 14.3. The van der Waals surface area contributed by atoms with E-state index in [9.17, 15) is 9.59 Å². The Morgan fingerprint density at radius 3 is 2.47 bits per heavy atom. The molecule has 0 unspecified atom stereocenters. The van der Waals surface area contributed by atoms with Gasteiger partial charge >= 0.3 is 5.97 Å². The van der Waals surface area contributed by atoms with Crippen LogP contribution in [0.3, 0.4) is 0 Å². The third-order valence-electron chi connectivity index (χ3n) is 7.90. The van der Waals surface area contributed by atoms with Gasteiger partial charge in [-0.2, -0.15) is 0 Å². The van der Waals surface area contributed by atoms with Crippen LogP contribution in [0.25, 0.3) is 17.0 Å². The number of hydrogen-bond acceptors (Lipinski definition) is 6. The van der Waals surface area contributed by atoms with E-state index in [0.717, 1.165) is 33.3 Å². The molecule has 3 heterocycles. The molecule has 1 atom stereocenters. The summed E-state index contributed by atoms with van der Waals surface area (Å²) in [7, 11) is 0. The van der Waals surface area contributed by atoms with Crippen LogP contribution in [0.4, 0.5) is 0 Å². The quantitative estimate of drug-likeness (QED) is 0.171. The molecule has 3 aromatic carbocycles. The highest BCUT2D eigenvalue weighted by Gasteiger charge is 2.33. The fraction of sp³-hybridized carbons (Fsp3) is 0.229. The minimum absolute atomic E-state index is 0.210. The van der Waals surface area contributed by atoms with E-state index in [4.69, 9.17) is 37.7 Å². The molecule has 0 N–H and O–H groups in total. The summed E-state index contributed by atoms with van der Waals surface area (Å²) in [6, 6.07) is 20.5. The van der Waals surface area contributed by atoms with Gasteiger partial charge in [0.2, 0.25) is 0 Å². The number of hydrogen-bond donors (Lipinski definition) is 0. The van der Waals surface area contributed by atoms with Gasteiger partial charge in [0.15, 0.2) is 4.80 Å². The Morgan fingerprint density at radius 1 is 1.00 bits per heavy atom. The van der Waals surface area contributed by atoms with Crippen molar-refractivity contribution in [1.82, 2.24) is 9.13 Å². The number of halogens is 2. The second-order valence-electron chi connectivity index (χ2n) is 10.7. The standard InChI is InChI=1S/C35H31Cl2N3O4S/c1-5-43-24-14-12-23(13-15-24)32-31(34(42)44-6-2)20(3)38-35-40(32)33(41)30(45-35)18-26-21(4)39(29-10-8-7-9-25(26)29)19-22-11-16-27(36)28(37)17-22/h7-18,32H,5-6,19H2,1-4H3/b30-18-/t32-/m1/s1. The summed E-state index contributed by atoms with van der Waals surface area (Å²) >= 11 is 13.8. The number of carbonyl (C=O) groups excluding carboxylic acids is 1. The summed E-state index contributed by atoms with van der Waals surface area (Å²) in [6.07, 6.45) is 1.94. The molecule has 1 aliphatic heterocycles. The second-order valence-corrected chi connectivity index (χ2v) is 12.5. The average Bonchev–Trinajstić information content (AvgIpc) is 3.47. The van der Waals surface area contributed by atoms with Crippen molar-refractivity contribution in [2.75, 3.05) is 13.2 Å². The minimum atomic E-state index is -0.699. The van der Waals surface area contributed by atoms with Crippen molar-refractivity contribution in [3.8, 4) is 5.75 Å². The topological polar surface area (TPSA) is 74.8 Å². The Kier molecular flexibility index (Phi) is 8.73. The van der Waals surface area contributed by atoms with E-state index in [1.807, 2.05) is 68.5 Å². The van der Waals surface area contributed by atoms with Gasteiger partial charge in [0.25, 0.3) is 5.56 Å². The van der Waals surface area contributed by atoms with Gasteiger partial charge in [-0.3, -0.25) is 9.36 Å². The van der Waals surface area contributed by atoms with E-state index >= 15 is 0 Å². The van der Waals surface area contributed by atoms with Gasteiger partial charge in [0.1, 0.15) is 5.75 Å². The van der Waals surface area contributed by atoms with Crippen LogP contribution in [0.1, 0.15) is 49.2 Å². The van der Waals surface area contributed by atoms with Gasteiger partial charge in [0.05, 0.1) is 45.1 Å². The fourth-order valence-electron chi connectivity index (χ4n) is 5.82. The van der Waals surface area contributed by atoms with Crippen LogP contribution in [0.5, 0.6) is 5.75 Å². The van der Waals surface area contributed by atoms with Crippen molar-refractivity contribution in [3.63, 3.8) is 0 Å². The van der Waals surface area contributed by atoms with Crippen LogP contribution in [-0.4, -0.2) is 28.3 Å². The van der Waals surface area contributed by atoms with Crippen LogP contribution in [0.15, 0.2) is 87.8 Å². The van der Waals surface area contributed by atoms with Gasteiger partial charge in [-0.15, -0.1) is 0 Å². The van der Waals surface area contributed by atoms with Crippen molar-refractivity contribution >= 4 is 57.5 Å². The zero-order valence-electron chi connectivity index (χ0n) is 25.3. The molecule has 0 saturated carbocycles. The normalized spacial score (nSPS) is 14.9. The maximum Gasteiger partial charge on any atom is 0.338 e. The van der Waals surface area contributed by atoms with E-state index < -0.39 is 12.0 Å². The molecule has 2 aromatic heterocycles. The van der Waals surface area contributed by atoms with E-state index in [2.05, 4.69) is 16.7 Å². The van der Waals surface area contributed by atoms with Crippen LogP contribution in [0.2, 0.25) is 10.0 Å². The lowest BCUT2D eigenvalue weighted by Crippen LogP contribution is -2.39. The molecule has 0 saturated heterocycles. The number of nitrogens with zero attached hydrogens (tertiary/aromatic N) is 3. The molecule has 0 fully saturated rings. The molecule has 0 bridgehead atoms. The van der Waals surface area contributed by atoms with Crippen molar-refractivity contribution in [3.05, 3.63) is 130 Å². The second kappa shape index (κ2) is 12.7. The summed E-state index contributed by atoms with van der Waals surface area (Å²) in [6.45, 7) is 8.83. The van der Waals surface area contributed by atoms with Gasteiger partial charge in [-0.1, -0.05) is 70.9 Å². The summed E-state index contributed by atoms with van der Waals surface area (Å²) in [5.41, 5.74) is 5.38. The molecular formula is C35H31Cl2N3O4S. The molecule has 6 rings (SSSR count). The number of ether oxygens (including phenoxy) is 2. The number of fused-ring (bicyclic) bond motifs is 2. The summed E-state index contributed by atoms with van der Waals surface area (Å²) in [5.74, 6) is 0.216. The number of allylic oxidation sites excluding steroid dienone is 1. The van der Waals surface area contributed by atoms with Crippen molar-refractivity contribution in [2.24, 2.45) is 4.99 Å². The zero-order chi connectivity index (χ0) is 31.8. The van der Waals surface area contributed by atoms with E-state index in [1.165, 1.54) is 11.3 Å². The lowest BCUT2D eigenvalue weighted by Gasteiger charge is -2.24. The minimum Gasteiger partial charge on any atom is -0.494 e. The molecule has 0 spiro atoms. The van der Waals surface area contributed by atoms with E-state index in [0.29, 0.717) is 49.6 Å². The van der Waals surface area contributed by atoms with Crippen molar-refractivity contribution in [1.29, 1.82) is 0 Å². The van der Waals surface area contributed by atoms with Crippen LogP contribution < -0.4 is 19.6 Å². The predicted molar refractivity (Wildman–Crippen MR) is 180 cm³/mol. The first-order chi connectivity index (χ1) is 21.7. The molecule has 0 aliphatic carbocycles. The number of thiazole rings is 1. The van der Waals surface area contributed by atoms with Gasteiger partial charge in [-0.05, 0) is 75.2 Å². The van der Waals surface area contributed by atoms with Gasteiger partial charge < -0.3 is 14.0 Å². The first-order valence-corrected chi connectivity index (χ1v) is 16.2. The van der Waals surface area contributed by atoms with Gasteiger partial charge in [-0.25, -0.2) is 9.79 Å². The molecule has 230 valence electrons. The lowest BCUT2D eigenvalue weighted by atomic mass is 9.96. The number of carbonyl (C=O) groups is 1. The molecule has 5 aromatic rings. The monoisotopic (exact) mass is 659 g/mol. The summed E-state index contributed by atoms with van der Waals surface area (Å²) in [4.78, 5) is 32.8. The predicted octanol–water partition coefficient (Wildman–Crippen LogP) is 6.82. The molecular weight excluding hydrogens is 629 g/mol. The molecule has 45 heavy (non-hydrogen) atoms. The number of aromatic nitrogens is 2. The SMILES string of the molecule is CCOC(=O)C1=C(C)N=c2s/c(=C\c3c(C)n(Cc4ccc(Cl)c(Cl)c4)c4ccccc34)c(=O)n2[C@@H]1c1ccc(OCC)cc1. The maximum atomic E-state index is 14.3. The summed E-state index contributed by atoms with van der Waals surface area (Å²) < 4.78 is 15.4.